The minimum absolute atomic E-state index is 0. The molecule has 2 unspecified atom stereocenters. The SMILES string of the molecule is CC1=[C-]C(C)C=C1C(C)(C)C.CC1=[C-]C(C)C=C1C(C)(C)C.[CH3][Ge]([CH3])=[Hf+2].[Cl-].[Cl-]. The van der Waals surface area contributed by atoms with Gasteiger partial charge in [-0.15, -0.1) is 0 Å². The zero-order valence-corrected chi connectivity index (χ0v) is 27.3. The monoisotopic (exact) mass is 652 g/mol. The third-order valence-electron chi connectivity index (χ3n) is 4.15. The first kappa shape index (κ1) is 33.6. The van der Waals surface area contributed by atoms with Crippen LogP contribution in [0.25, 0.3) is 0 Å². The maximum absolute atomic E-state index is 3.40. The largest absolute Gasteiger partial charge is 1.00 e. The van der Waals surface area contributed by atoms with Crippen LogP contribution in [-0.4, -0.2) is 10.1 Å². The Hall–Kier alpha value is 0.953. The molecule has 28 heavy (non-hydrogen) atoms. The predicted octanol–water partition coefficient (Wildman–Crippen LogP) is 1.51. The van der Waals surface area contributed by atoms with Crippen LogP contribution < -0.4 is 24.8 Å². The van der Waals surface area contributed by atoms with Crippen molar-refractivity contribution in [2.24, 2.45) is 22.7 Å². The van der Waals surface area contributed by atoms with E-state index in [-0.39, 0.29) is 34.9 Å². The van der Waals surface area contributed by atoms with Gasteiger partial charge in [0, 0.05) is 0 Å². The Morgan fingerprint density at radius 2 is 0.964 bits per heavy atom. The first-order chi connectivity index (χ1) is 11.6. The molecule has 0 fully saturated rings. The van der Waals surface area contributed by atoms with Gasteiger partial charge < -0.3 is 24.8 Å². The zero-order chi connectivity index (χ0) is 20.9. The molecule has 0 heterocycles. The van der Waals surface area contributed by atoms with Gasteiger partial charge in [0.15, 0.2) is 0 Å². The summed E-state index contributed by atoms with van der Waals surface area (Å²) < 4.78 is 0. The summed E-state index contributed by atoms with van der Waals surface area (Å²) in [5.41, 5.74) is 6.19. The second kappa shape index (κ2) is 14.1. The minimum Gasteiger partial charge on any atom is -1.00 e. The summed E-state index contributed by atoms with van der Waals surface area (Å²) >= 11 is 1.52. The first-order valence-electron chi connectivity index (χ1n) is 9.73. The molecule has 0 aliphatic heterocycles. The van der Waals surface area contributed by atoms with E-state index < -0.39 is 0 Å². The van der Waals surface area contributed by atoms with Gasteiger partial charge in [0.05, 0.1) is 0 Å². The molecule has 2 aliphatic rings. The molecule has 0 bridgehead atoms. The molecular formula is C24H40Cl2GeHf-2. The fraction of sp³-hybridized carbons (Fsp3) is 0.667. The molecule has 0 aromatic carbocycles. The van der Waals surface area contributed by atoms with Crippen molar-refractivity contribution in [3.05, 3.63) is 46.6 Å². The zero-order valence-electron chi connectivity index (χ0n) is 20.1. The summed E-state index contributed by atoms with van der Waals surface area (Å²) in [6.45, 7) is 22.2. The van der Waals surface area contributed by atoms with Gasteiger partial charge in [-0.2, -0.15) is 23.3 Å². The molecule has 0 amide bonds. The van der Waals surface area contributed by atoms with Crippen LogP contribution in [0.4, 0.5) is 0 Å². The molecule has 0 nitrogen and oxygen atoms in total. The maximum atomic E-state index is 3.40. The van der Waals surface area contributed by atoms with Crippen molar-refractivity contribution in [1.29, 1.82) is 0 Å². The van der Waals surface area contributed by atoms with Gasteiger partial charge in [0.2, 0.25) is 0 Å². The van der Waals surface area contributed by atoms with Gasteiger partial charge in [-0.25, -0.2) is 11.1 Å². The van der Waals surface area contributed by atoms with Crippen LogP contribution in [0.15, 0.2) is 34.4 Å². The number of allylic oxidation sites excluding steroid dienone is 8. The van der Waals surface area contributed by atoms with Crippen molar-refractivity contribution < 1.29 is 46.1 Å². The van der Waals surface area contributed by atoms with Gasteiger partial charge in [-0.05, 0) is 0 Å². The third-order valence-corrected chi connectivity index (χ3v) is 4.15. The van der Waals surface area contributed by atoms with Crippen LogP contribution in [0, 0.1) is 34.8 Å². The Labute approximate surface area is 204 Å². The number of hydrogen-bond donors (Lipinski definition) is 0. The van der Waals surface area contributed by atoms with E-state index in [0.717, 1.165) is 0 Å². The predicted molar refractivity (Wildman–Crippen MR) is 116 cm³/mol. The van der Waals surface area contributed by atoms with Crippen molar-refractivity contribution in [3.8, 4) is 0 Å². The molecule has 160 valence electrons. The molecule has 0 radical (unpaired) electrons. The Kier molecular flexibility index (Phi) is 16.9. The Balaban J connectivity index is -0.000000355. The fourth-order valence-corrected chi connectivity index (χ4v) is 3.30. The Morgan fingerprint density at radius 3 is 1.04 bits per heavy atom. The van der Waals surface area contributed by atoms with Crippen molar-refractivity contribution in [1.82, 2.24) is 0 Å². The van der Waals surface area contributed by atoms with E-state index in [1.54, 1.807) is 0 Å². The van der Waals surface area contributed by atoms with Gasteiger partial charge in [0.25, 0.3) is 0 Å². The van der Waals surface area contributed by atoms with Crippen LogP contribution in [0.2, 0.25) is 11.5 Å². The van der Waals surface area contributed by atoms with Crippen LogP contribution in [0.1, 0.15) is 69.2 Å². The van der Waals surface area contributed by atoms with Crippen molar-refractivity contribution >= 4 is 10.1 Å². The summed E-state index contributed by atoms with van der Waals surface area (Å²) in [7, 11) is -0.194. The molecule has 4 heteroatoms. The van der Waals surface area contributed by atoms with Crippen LogP contribution in [0.5, 0.6) is 0 Å². The van der Waals surface area contributed by atoms with Crippen LogP contribution in [0.3, 0.4) is 0 Å². The van der Waals surface area contributed by atoms with E-state index >= 15 is 0 Å². The summed E-state index contributed by atoms with van der Waals surface area (Å²) in [6, 6.07) is 0. The topological polar surface area (TPSA) is 0 Å². The standard InChI is InChI=1S/2C11H17.C2H6Ge.2ClH.Hf/c2*1-8-6-9(2)10(7-8)11(3,4)5;1-3-2;;;/h2*7-8H,1-5H3;1-2H3;2*1H;/q2*-1;;;;+2/p-2. The van der Waals surface area contributed by atoms with Crippen LogP contribution >= 0.6 is 0 Å². The van der Waals surface area contributed by atoms with E-state index in [0.29, 0.717) is 22.7 Å². The summed E-state index contributed by atoms with van der Waals surface area (Å²) in [5, 5.41) is 0. The Bertz CT molecular complexity index is 572. The fourth-order valence-electron chi connectivity index (χ4n) is 3.30. The molecule has 0 aromatic heterocycles. The average Bonchev–Trinajstić information content (AvgIpc) is 2.90. The van der Waals surface area contributed by atoms with Crippen molar-refractivity contribution in [2.75, 3.05) is 0 Å². The third kappa shape index (κ3) is 13.3. The Morgan fingerprint density at radius 1 is 0.750 bits per heavy atom. The molecule has 0 aromatic rings. The first-order valence-corrected chi connectivity index (χ1v) is 24.3. The maximum Gasteiger partial charge on any atom is -1.00 e. The molecule has 0 N–H and O–H groups in total. The number of rotatable bonds is 0. The summed E-state index contributed by atoms with van der Waals surface area (Å²) in [5.74, 6) is 5.83. The second-order valence-electron chi connectivity index (χ2n) is 9.78. The van der Waals surface area contributed by atoms with E-state index in [1.165, 1.54) is 43.6 Å². The average molecular weight is 651 g/mol. The number of halogens is 2. The minimum atomic E-state index is -0.194. The van der Waals surface area contributed by atoms with E-state index in [4.69, 9.17) is 0 Å². The molecular weight excluding hydrogens is 610 g/mol. The second-order valence-corrected chi connectivity index (χ2v) is 32.6. The molecule has 0 saturated heterocycles. The van der Waals surface area contributed by atoms with Gasteiger partial charge in [-0.3, -0.25) is 12.2 Å². The molecule has 0 spiro atoms. The molecule has 2 aliphatic carbocycles. The normalized spacial score (nSPS) is 20.6. The molecule has 2 rings (SSSR count). The van der Waals surface area contributed by atoms with E-state index in [9.17, 15) is 0 Å². The van der Waals surface area contributed by atoms with Crippen LogP contribution in [-0.2, 0) is 21.3 Å². The molecule has 2 atom stereocenters. The van der Waals surface area contributed by atoms with E-state index in [2.05, 4.69) is 105 Å². The van der Waals surface area contributed by atoms with Gasteiger partial charge in [0.1, 0.15) is 0 Å². The molecule has 0 saturated carbocycles. The number of hydrogen-bond acceptors (Lipinski definition) is 0. The van der Waals surface area contributed by atoms with E-state index in [1.807, 2.05) is 0 Å². The van der Waals surface area contributed by atoms with Gasteiger partial charge in [-0.1, -0.05) is 91.9 Å². The smallest absolute Gasteiger partial charge is 1.00 e. The summed E-state index contributed by atoms with van der Waals surface area (Å²) in [6.07, 6.45) is 11.4. The quantitative estimate of drug-likeness (QED) is 0.276. The van der Waals surface area contributed by atoms with Crippen molar-refractivity contribution in [2.45, 2.75) is 80.7 Å². The summed E-state index contributed by atoms with van der Waals surface area (Å²) in [4.78, 5) is 0. The van der Waals surface area contributed by atoms with Crippen molar-refractivity contribution in [3.63, 3.8) is 0 Å². The van der Waals surface area contributed by atoms with Gasteiger partial charge >= 0.3 is 42.8 Å².